The normalized spacial score (nSPS) is 12.5. The van der Waals surface area contributed by atoms with Gasteiger partial charge in [-0.15, -0.1) is 0 Å². The minimum absolute atomic E-state index is 0.0336. The van der Waals surface area contributed by atoms with Gasteiger partial charge in [0.2, 0.25) is 0 Å². The van der Waals surface area contributed by atoms with Gasteiger partial charge in [-0.25, -0.2) is 5.43 Å². The number of aryl methyl sites for hydroxylation is 2. The van der Waals surface area contributed by atoms with Crippen molar-refractivity contribution in [3.05, 3.63) is 88.5 Å². The average Bonchev–Trinajstić information content (AvgIpc) is 3.27. The first kappa shape index (κ1) is 20.5. The Kier molecular flexibility index (Phi) is 6.17. The van der Waals surface area contributed by atoms with Crippen LogP contribution < -0.4 is 14.9 Å². The lowest BCUT2D eigenvalue weighted by Crippen LogP contribution is -2.17. The maximum absolute atomic E-state index is 12.4. The van der Waals surface area contributed by atoms with E-state index in [9.17, 15) is 9.90 Å². The van der Waals surface area contributed by atoms with Crippen LogP contribution >= 0.6 is 0 Å². The number of benzene rings is 3. The summed E-state index contributed by atoms with van der Waals surface area (Å²) in [5.74, 6) is 0.802. The minimum Gasteiger partial charge on any atom is -0.504 e. The Labute approximate surface area is 181 Å². The minimum atomic E-state index is -0.349. The summed E-state index contributed by atoms with van der Waals surface area (Å²) in [5.41, 5.74) is 7.06. The Bertz CT molecular complexity index is 1120. The molecule has 1 aliphatic rings. The van der Waals surface area contributed by atoms with E-state index in [4.69, 9.17) is 9.47 Å². The summed E-state index contributed by atoms with van der Waals surface area (Å²) in [6.45, 7) is 0.376. The highest BCUT2D eigenvalue weighted by Gasteiger charge is 2.12. The number of amides is 1. The van der Waals surface area contributed by atoms with Gasteiger partial charge in [0.25, 0.3) is 5.91 Å². The third-order valence-corrected chi connectivity index (χ3v) is 5.28. The fourth-order valence-electron chi connectivity index (χ4n) is 3.64. The molecule has 3 aromatic rings. The molecule has 1 aliphatic carbocycles. The molecule has 0 saturated carbocycles. The molecular formula is C25H24N2O4. The van der Waals surface area contributed by atoms with Crippen LogP contribution in [0.15, 0.2) is 65.8 Å². The zero-order chi connectivity index (χ0) is 21.6. The van der Waals surface area contributed by atoms with Crippen LogP contribution in [0.25, 0.3) is 0 Å². The third-order valence-electron chi connectivity index (χ3n) is 5.28. The molecule has 0 fully saturated rings. The fourth-order valence-corrected chi connectivity index (χ4v) is 3.64. The highest BCUT2D eigenvalue weighted by atomic mass is 16.5. The molecule has 31 heavy (non-hydrogen) atoms. The molecule has 0 atom stereocenters. The van der Waals surface area contributed by atoms with E-state index < -0.39 is 0 Å². The SMILES string of the molecule is COc1cccc(C=NNC(=O)c2cccc(COc3ccc4c(c3)CCC4)c2)c1O. The van der Waals surface area contributed by atoms with E-state index in [0.29, 0.717) is 23.5 Å². The zero-order valence-corrected chi connectivity index (χ0v) is 17.3. The van der Waals surface area contributed by atoms with Gasteiger partial charge in [-0.05, 0) is 72.4 Å². The number of nitrogens with zero attached hydrogens (tertiary/aromatic N) is 1. The van der Waals surface area contributed by atoms with Crippen molar-refractivity contribution >= 4 is 12.1 Å². The number of phenolic OH excluding ortho intramolecular Hbond substituents is 1. The summed E-state index contributed by atoms with van der Waals surface area (Å²) >= 11 is 0. The van der Waals surface area contributed by atoms with Crippen molar-refractivity contribution in [3.63, 3.8) is 0 Å². The lowest BCUT2D eigenvalue weighted by atomic mass is 10.1. The molecule has 0 aliphatic heterocycles. The molecule has 158 valence electrons. The Balaban J connectivity index is 1.37. The number of hydrogen-bond donors (Lipinski definition) is 2. The van der Waals surface area contributed by atoms with E-state index in [2.05, 4.69) is 22.7 Å². The largest absolute Gasteiger partial charge is 0.504 e. The molecule has 0 aromatic heterocycles. The highest BCUT2D eigenvalue weighted by molar-refractivity contribution is 5.95. The van der Waals surface area contributed by atoms with Crippen molar-refractivity contribution in [3.8, 4) is 17.2 Å². The summed E-state index contributed by atoms with van der Waals surface area (Å²) in [4.78, 5) is 12.4. The average molecular weight is 416 g/mol. The first-order valence-corrected chi connectivity index (χ1v) is 10.2. The van der Waals surface area contributed by atoms with Crippen molar-refractivity contribution < 1.29 is 19.4 Å². The molecule has 1 amide bonds. The number of fused-ring (bicyclic) bond motifs is 1. The molecular weight excluding hydrogens is 392 g/mol. The van der Waals surface area contributed by atoms with E-state index in [0.717, 1.165) is 24.2 Å². The number of ether oxygens (including phenoxy) is 2. The van der Waals surface area contributed by atoms with Gasteiger partial charge in [-0.1, -0.05) is 24.3 Å². The first-order valence-electron chi connectivity index (χ1n) is 10.2. The summed E-state index contributed by atoms with van der Waals surface area (Å²) in [7, 11) is 1.47. The number of hydrazone groups is 1. The van der Waals surface area contributed by atoms with Crippen molar-refractivity contribution in [1.82, 2.24) is 5.43 Å². The molecule has 2 N–H and O–H groups in total. The highest BCUT2D eigenvalue weighted by Crippen LogP contribution is 2.28. The van der Waals surface area contributed by atoms with Gasteiger partial charge in [0.15, 0.2) is 11.5 Å². The second-order valence-electron chi connectivity index (χ2n) is 7.37. The molecule has 0 radical (unpaired) electrons. The van der Waals surface area contributed by atoms with Gasteiger partial charge in [0.1, 0.15) is 12.4 Å². The molecule has 4 rings (SSSR count). The Morgan fingerprint density at radius 2 is 1.94 bits per heavy atom. The van der Waals surface area contributed by atoms with Crippen molar-refractivity contribution in [2.24, 2.45) is 5.10 Å². The number of hydrogen-bond acceptors (Lipinski definition) is 5. The van der Waals surface area contributed by atoms with Crippen molar-refractivity contribution in [1.29, 1.82) is 0 Å². The van der Waals surface area contributed by atoms with Crippen molar-refractivity contribution in [2.75, 3.05) is 7.11 Å². The number of carbonyl (C=O) groups is 1. The van der Waals surface area contributed by atoms with Crippen LogP contribution in [0.4, 0.5) is 0 Å². The van der Waals surface area contributed by atoms with Gasteiger partial charge >= 0.3 is 0 Å². The molecule has 6 nitrogen and oxygen atoms in total. The van der Waals surface area contributed by atoms with Crippen LogP contribution in [0.3, 0.4) is 0 Å². The predicted octanol–water partition coefficient (Wildman–Crippen LogP) is 4.23. The smallest absolute Gasteiger partial charge is 0.271 e. The maximum atomic E-state index is 12.4. The van der Waals surface area contributed by atoms with Crippen LogP contribution in [-0.4, -0.2) is 24.3 Å². The monoisotopic (exact) mass is 416 g/mol. The van der Waals surface area contributed by atoms with E-state index in [1.54, 1.807) is 30.3 Å². The van der Waals surface area contributed by atoms with E-state index in [-0.39, 0.29) is 11.7 Å². The molecule has 0 heterocycles. The fraction of sp³-hybridized carbons (Fsp3) is 0.200. The van der Waals surface area contributed by atoms with Crippen LogP contribution in [0, 0.1) is 0 Å². The van der Waals surface area contributed by atoms with Crippen LogP contribution in [-0.2, 0) is 19.4 Å². The standard InChI is InChI=1S/C25H24N2O4/c1-30-23-10-4-9-21(24(23)28)15-26-27-25(29)20-8-2-5-17(13-20)16-31-22-12-11-18-6-3-7-19(18)14-22/h2,4-5,8-15,28H,3,6-7,16H2,1H3,(H,27,29). The van der Waals surface area contributed by atoms with E-state index in [1.165, 1.54) is 30.9 Å². The van der Waals surface area contributed by atoms with Crippen LogP contribution in [0.2, 0.25) is 0 Å². The second-order valence-corrected chi connectivity index (χ2v) is 7.37. The lowest BCUT2D eigenvalue weighted by Gasteiger charge is -2.09. The van der Waals surface area contributed by atoms with Crippen LogP contribution in [0.1, 0.15) is 39.0 Å². The number of rotatable bonds is 7. The Morgan fingerprint density at radius 1 is 1.10 bits per heavy atom. The molecule has 0 bridgehead atoms. The third kappa shape index (κ3) is 4.86. The molecule has 3 aromatic carbocycles. The van der Waals surface area contributed by atoms with Crippen molar-refractivity contribution in [2.45, 2.75) is 25.9 Å². The van der Waals surface area contributed by atoms with Gasteiger partial charge in [-0.2, -0.15) is 5.10 Å². The van der Waals surface area contributed by atoms with Crippen LogP contribution in [0.5, 0.6) is 17.2 Å². The lowest BCUT2D eigenvalue weighted by molar-refractivity contribution is 0.0955. The molecule has 6 heteroatoms. The topological polar surface area (TPSA) is 80.2 Å². The van der Waals surface area contributed by atoms with Gasteiger partial charge in [-0.3, -0.25) is 4.79 Å². The second kappa shape index (κ2) is 9.34. The zero-order valence-electron chi connectivity index (χ0n) is 17.3. The number of carbonyl (C=O) groups excluding carboxylic acids is 1. The summed E-state index contributed by atoms with van der Waals surface area (Å²) < 4.78 is 11.0. The van der Waals surface area contributed by atoms with E-state index in [1.807, 2.05) is 18.2 Å². The molecule has 0 spiro atoms. The quantitative estimate of drug-likeness (QED) is 0.446. The first-order chi connectivity index (χ1) is 15.1. The predicted molar refractivity (Wildman–Crippen MR) is 119 cm³/mol. The Hall–Kier alpha value is -3.80. The van der Waals surface area contributed by atoms with Gasteiger partial charge < -0.3 is 14.6 Å². The van der Waals surface area contributed by atoms with Gasteiger partial charge in [0, 0.05) is 11.1 Å². The number of methoxy groups -OCH3 is 1. The maximum Gasteiger partial charge on any atom is 0.271 e. The molecule has 0 unspecified atom stereocenters. The summed E-state index contributed by atoms with van der Waals surface area (Å²) in [5, 5.41) is 14.0. The molecule has 0 saturated heterocycles. The number of aromatic hydroxyl groups is 1. The van der Waals surface area contributed by atoms with Gasteiger partial charge in [0.05, 0.1) is 13.3 Å². The summed E-state index contributed by atoms with van der Waals surface area (Å²) in [6.07, 6.45) is 4.83. The number of phenols is 1. The summed E-state index contributed by atoms with van der Waals surface area (Å²) in [6, 6.07) is 18.5. The number of nitrogens with one attached hydrogen (secondary N) is 1. The van der Waals surface area contributed by atoms with E-state index >= 15 is 0 Å². The Morgan fingerprint density at radius 3 is 2.81 bits per heavy atom. The number of para-hydroxylation sites is 1.